The quantitative estimate of drug-likeness (QED) is 0.0498. The Bertz CT molecular complexity index is 3390. The molecule has 4 heterocycles. The maximum Gasteiger partial charge on any atom is 0.416 e. The van der Waals surface area contributed by atoms with Crippen LogP contribution in [0.4, 0.5) is 70.2 Å². The highest BCUT2D eigenvalue weighted by atomic mass is 32.2. The van der Waals surface area contributed by atoms with Gasteiger partial charge in [-0.15, -0.1) is 0 Å². The minimum atomic E-state index is -5.15. The molecule has 6 aromatic rings. The molecular weight excluding hydrogens is 1180 g/mol. The summed E-state index contributed by atoms with van der Waals surface area (Å²) in [5, 5.41) is 0. The summed E-state index contributed by atoms with van der Waals surface area (Å²) >= 11 is 0. The fourth-order valence-corrected chi connectivity index (χ4v) is 11.0. The fourth-order valence-electron chi connectivity index (χ4n) is 9.10. The lowest BCUT2D eigenvalue weighted by Crippen LogP contribution is -2.21. The van der Waals surface area contributed by atoms with E-state index in [2.05, 4.69) is 8.37 Å². The van der Waals surface area contributed by atoms with Crippen molar-refractivity contribution in [2.24, 2.45) is 0 Å². The van der Waals surface area contributed by atoms with Gasteiger partial charge in [-0.2, -0.15) is 60.7 Å². The highest BCUT2D eigenvalue weighted by Crippen LogP contribution is 2.47. The smallest absolute Gasteiger partial charge is 0.416 e. The Morgan fingerprint density at radius 1 is 0.402 bits per heavy atom. The summed E-state index contributed by atoms with van der Waals surface area (Å²) in [6.07, 6.45) is -8.80. The van der Waals surface area contributed by atoms with Gasteiger partial charge >= 0.3 is 32.6 Å². The molecule has 0 spiro atoms. The SMILES string of the molecule is O=S(=O)(Oc1c(F)c(F)c(F)c(F)c1F)c1ccc2c(c1)OCC[C@@H]2c1ccc(C(F)(F)F)cc1O[C@H]1CCOC1.O=S(=O)(Oc1c(F)c(F)c(F)c(F)c1F)c1ccc2c(c1)OCC[C@H]2c1ccc(C(F)(F)F)cc1O[C@H]1CCOC1. The van der Waals surface area contributed by atoms with Crippen molar-refractivity contribution in [2.45, 2.75) is 71.9 Å². The summed E-state index contributed by atoms with van der Waals surface area (Å²) < 4.78 is 310. The molecule has 0 saturated carbocycles. The van der Waals surface area contributed by atoms with Gasteiger partial charge in [0.05, 0.1) is 50.8 Å². The Morgan fingerprint density at radius 3 is 1.05 bits per heavy atom. The summed E-state index contributed by atoms with van der Waals surface area (Å²) in [6.45, 7) is 1.11. The molecule has 10 rings (SSSR count). The Labute approximate surface area is 453 Å². The Balaban J connectivity index is 0.000000198. The van der Waals surface area contributed by atoms with Gasteiger partial charge in [0.2, 0.25) is 69.7 Å². The zero-order valence-corrected chi connectivity index (χ0v) is 42.7. The summed E-state index contributed by atoms with van der Waals surface area (Å²) in [5.41, 5.74) is -0.453. The standard InChI is InChI=1S/2C26H18F8O6S/c2*27-20-21(28)23(30)25(24(31)22(20)29)40-41(35,36)14-2-4-16-15(6-8-38-18(16)10-14)17-3-1-12(26(32,33)34)9-19(17)39-13-5-7-37-11-13/h2*1-4,9-10,13,15H,5-8,11H2/t13-,15+;13-,15-/m00/s1. The molecule has 4 aliphatic heterocycles. The number of benzene rings is 6. The van der Waals surface area contributed by atoms with Gasteiger partial charge in [0.15, 0.2) is 0 Å². The van der Waals surface area contributed by atoms with E-state index in [4.69, 9.17) is 28.4 Å². The van der Waals surface area contributed by atoms with Crippen molar-refractivity contribution in [1.82, 2.24) is 0 Å². The average Bonchev–Trinajstić information content (AvgIpc) is 4.31. The number of alkyl halides is 6. The van der Waals surface area contributed by atoms with Crippen molar-refractivity contribution in [3.63, 3.8) is 0 Å². The largest absolute Gasteiger partial charge is 0.493 e. The highest BCUT2D eigenvalue weighted by Gasteiger charge is 2.39. The van der Waals surface area contributed by atoms with Crippen LogP contribution >= 0.6 is 0 Å². The summed E-state index contributed by atoms with van der Waals surface area (Å²) in [5.74, 6) is -30.0. The van der Waals surface area contributed by atoms with Crippen molar-refractivity contribution >= 4 is 20.2 Å². The van der Waals surface area contributed by atoms with Crippen molar-refractivity contribution in [3.05, 3.63) is 164 Å². The summed E-state index contributed by atoms with van der Waals surface area (Å²) in [7, 11) is -10.3. The molecule has 0 radical (unpaired) electrons. The van der Waals surface area contributed by atoms with Crippen LogP contribution < -0.4 is 27.3 Å². The van der Waals surface area contributed by atoms with Gasteiger partial charge in [-0.3, -0.25) is 0 Å². The second kappa shape index (κ2) is 22.9. The maximum absolute atomic E-state index is 14.0. The molecule has 0 unspecified atom stereocenters. The van der Waals surface area contributed by atoms with E-state index in [0.717, 1.165) is 48.5 Å². The second-order valence-electron chi connectivity index (χ2n) is 18.4. The van der Waals surface area contributed by atoms with E-state index >= 15 is 0 Å². The molecule has 0 N–H and O–H groups in total. The van der Waals surface area contributed by atoms with Gasteiger partial charge < -0.3 is 36.8 Å². The lowest BCUT2D eigenvalue weighted by atomic mass is 9.85. The van der Waals surface area contributed by atoms with E-state index in [-0.39, 0.29) is 62.3 Å². The normalized spacial score (nSPS) is 19.0. The lowest BCUT2D eigenvalue weighted by molar-refractivity contribution is -0.138. The second-order valence-corrected chi connectivity index (χ2v) is 21.5. The van der Waals surface area contributed by atoms with E-state index in [0.29, 0.717) is 48.3 Å². The number of fused-ring (bicyclic) bond motifs is 2. The van der Waals surface area contributed by atoms with Crippen LogP contribution in [0.15, 0.2) is 82.6 Å². The third-order valence-electron chi connectivity index (χ3n) is 13.1. The summed E-state index contributed by atoms with van der Waals surface area (Å²) in [6, 6.07) is 12.2. The van der Waals surface area contributed by atoms with E-state index in [1.54, 1.807) is 0 Å². The van der Waals surface area contributed by atoms with Gasteiger partial charge in [0.1, 0.15) is 45.0 Å². The van der Waals surface area contributed by atoms with Crippen LogP contribution in [-0.2, 0) is 42.1 Å². The molecule has 0 aromatic heterocycles. The number of ether oxygens (including phenoxy) is 6. The minimum absolute atomic E-state index is 0.00727. The predicted octanol–water partition coefficient (Wildman–Crippen LogP) is 12.5. The van der Waals surface area contributed by atoms with E-state index in [1.807, 2.05) is 0 Å². The first-order valence-corrected chi connectivity index (χ1v) is 26.7. The molecule has 4 aliphatic rings. The molecular formula is C52H36F16O12S2. The van der Waals surface area contributed by atoms with Crippen molar-refractivity contribution < 1.29 is 124 Å². The molecule has 12 nitrogen and oxygen atoms in total. The molecule has 2 saturated heterocycles. The van der Waals surface area contributed by atoms with Crippen LogP contribution in [-0.4, -0.2) is 68.7 Å². The van der Waals surface area contributed by atoms with E-state index < -0.39 is 147 Å². The first kappa shape index (κ1) is 59.4. The molecule has 30 heteroatoms. The van der Waals surface area contributed by atoms with Gasteiger partial charge in [-0.25, -0.2) is 26.3 Å². The fraction of sp³-hybridized carbons (Fsp3) is 0.308. The van der Waals surface area contributed by atoms with Crippen molar-refractivity contribution in [2.75, 3.05) is 39.6 Å². The number of rotatable bonds is 12. The topological polar surface area (TPSA) is 142 Å². The van der Waals surface area contributed by atoms with Gasteiger partial charge in [-0.1, -0.05) is 24.3 Å². The third-order valence-corrected chi connectivity index (χ3v) is 15.6. The minimum Gasteiger partial charge on any atom is -0.493 e. The van der Waals surface area contributed by atoms with Gasteiger partial charge in [0, 0.05) is 59.1 Å². The molecule has 4 atom stereocenters. The van der Waals surface area contributed by atoms with Crippen LogP contribution in [0.5, 0.6) is 34.5 Å². The number of hydrogen-bond donors (Lipinski definition) is 0. The Morgan fingerprint density at radius 2 is 0.732 bits per heavy atom. The zero-order valence-electron chi connectivity index (χ0n) is 41.1. The molecule has 0 aliphatic carbocycles. The van der Waals surface area contributed by atoms with E-state index in [1.165, 1.54) is 24.3 Å². The van der Waals surface area contributed by atoms with Crippen molar-refractivity contribution in [3.8, 4) is 34.5 Å². The zero-order chi connectivity index (χ0) is 59.4. The molecule has 2 fully saturated rings. The van der Waals surface area contributed by atoms with Gasteiger partial charge in [0.25, 0.3) is 0 Å². The maximum atomic E-state index is 14.0. The molecule has 0 bridgehead atoms. The lowest BCUT2D eigenvalue weighted by Gasteiger charge is -2.29. The average molecular weight is 1220 g/mol. The van der Waals surface area contributed by atoms with Gasteiger partial charge in [-0.05, 0) is 49.2 Å². The van der Waals surface area contributed by atoms with Crippen LogP contribution in [0.25, 0.3) is 0 Å². The van der Waals surface area contributed by atoms with Crippen LogP contribution in [0, 0.1) is 58.2 Å². The highest BCUT2D eigenvalue weighted by molar-refractivity contribution is 7.87. The molecule has 82 heavy (non-hydrogen) atoms. The number of hydrogen-bond acceptors (Lipinski definition) is 12. The third kappa shape index (κ3) is 12.0. The first-order valence-electron chi connectivity index (χ1n) is 23.9. The Hall–Kier alpha value is -7.18. The molecule has 0 amide bonds. The monoisotopic (exact) mass is 1220 g/mol. The summed E-state index contributed by atoms with van der Waals surface area (Å²) in [4.78, 5) is -1.49. The Kier molecular flexibility index (Phi) is 16.6. The number of halogens is 16. The van der Waals surface area contributed by atoms with E-state index in [9.17, 15) is 87.1 Å². The molecule has 6 aromatic carbocycles. The first-order chi connectivity index (χ1) is 38.5. The predicted molar refractivity (Wildman–Crippen MR) is 247 cm³/mol. The molecule has 440 valence electrons. The van der Waals surface area contributed by atoms with Crippen LogP contribution in [0.1, 0.15) is 70.9 Å². The van der Waals surface area contributed by atoms with Crippen LogP contribution in [0.3, 0.4) is 0 Å². The van der Waals surface area contributed by atoms with Crippen molar-refractivity contribution in [1.29, 1.82) is 0 Å². The van der Waals surface area contributed by atoms with Crippen LogP contribution in [0.2, 0.25) is 0 Å².